The predicted molar refractivity (Wildman–Crippen MR) is 107 cm³/mol. The summed E-state index contributed by atoms with van der Waals surface area (Å²) in [5.74, 6) is -4.68. The van der Waals surface area contributed by atoms with Gasteiger partial charge in [0.2, 0.25) is 5.91 Å². The van der Waals surface area contributed by atoms with E-state index in [1.54, 1.807) is 0 Å². The number of carbonyl (C=O) groups excluding carboxylic acids is 1. The molecule has 1 aliphatic rings. The highest BCUT2D eigenvalue weighted by Gasteiger charge is 2.29. The van der Waals surface area contributed by atoms with Gasteiger partial charge in [0.25, 0.3) is 0 Å². The van der Waals surface area contributed by atoms with Crippen LogP contribution in [-0.4, -0.2) is 23.4 Å². The topological polar surface area (TPSA) is 32.3 Å². The molecule has 3 nitrogen and oxygen atoms in total. The lowest BCUT2D eigenvalue weighted by atomic mass is 10.0. The number of nitrogens with one attached hydrogen (secondary N) is 1. The third kappa shape index (κ3) is 4.43. The van der Waals surface area contributed by atoms with Gasteiger partial charge in [0.1, 0.15) is 0 Å². The van der Waals surface area contributed by atoms with Gasteiger partial charge >= 0.3 is 0 Å². The number of fused-ring (bicyclic) bond motifs is 1. The molecular weight excluding hydrogens is 377 g/mol. The van der Waals surface area contributed by atoms with Crippen LogP contribution in [0.2, 0.25) is 0 Å². The summed E-state index contributed by atoms with van der Waals surface area (Å²) >= 11 is 0. The molecule has 6 heteroatoms. The Bertz CT molecular complexity index is 1040. The van der Waals surface area contributed by atoms with Gasteiger partial charge in [0, 0.05) is 25.6 Å². The van der Waals surface area contributed by atoms with Crippen molar-refractivity contribution in [1.82, 2.24) is 4.90 Å². The van der Waals surface area contributed by atoms with Crippen LogP contribution >= 0.6 is 0 Å². The van der Waals surface area contributed by atoms with E-state index in [0.29, 0.717) is 12.6 Å². The van der Waals surface area contributed by atoms with Gasteiger partial charge in [-0.1, -0.05) is 42.5 Å². The minimum atomic E-state index is -1.58. The van der Waals surface area contributed by atoms with Crippen LogP contribution in [0.5, 0.6) is 0 Å². The molecular formula is C23H21F3N2O. The molecule has 0 atom stereocenters. The first kappa shape index (κ1) is 19.5. The highest BCUT2D eigenvalue weighted by Crippen LogP contribution is 2.30. The van der Waals surface area contributed by atoms with Gasteiger partial charge in [0.05, 0.1) is 5.69 Å². The maximum Gasteiger partial charge on any atom is 0.225 e. The Labute approximate surface area is 167 Å². The molecule has 1 aliphatic carbocycles. The summed E-state index contributed by atoms with van der Waals surface area (Å²) in [4.78, 5) is 14.5. The molecule has 4 rings (SSSR count). The fourth-order valence-corrected chi connectivity index (χ4v) is 3.56. The zero-order valence-electron chi connectivity index (χ0n) is 15.8. The number of nitrogens with zero attached hydrogens (tertiary/aromatic N) is 1. The lowest BCUT2D eigenvalue weighted by Crippen LogP contribution is -2.29. The Balaban J connectivity index is 1.42. The lowest BCUT2D eigenvalue weighted by Gasteiger charge is -2.22. The van der Waals surface area contributed by atoms with E-state index < -0.39 is 23.4 Å². The molecule has 0 aliphatic heterocycles. The molecule has 0 saturated heterocycles. The summed E-state index contributed by atoms with van der Waals surface area (Å²) < 4.78 is 40.1. The first-order valence-electron chi connectivity index (χ1n) is 9.67. The van der Waals surface area contributed by atoms with E-state index in [1.165, 1.54) is 16.3 Å². The highest BCUT2D eigenvalue weighted by molar-refractivity contribution is 5.91. The molecule has 0 aromatic heterocycles. The molecule has 150 valence electrons. The first-order chi connectivity index (χ1) is 14.0. The van der Waals surface area contributed by atoms with Gasteiger partial charge in [-0.15, -0.1) is 0 Å². The normalized spacial score (nSPS) is 13.8. The van der Waals surface area contributed by atoms with Crippen LogP contribution in [0.4, 0.5) is 18.9 Å². The van der Waals surface area contributed by atoms with Crippen molar-refractivity contribution in [2.24, 2.45) is 0 Å². The van der Waals surface area contributed by atoms with E-state index in [-0.39, 0.29) is 12.1 Å². The summed E-state index contributed by atoms with van der Waals surface area (Å²) in [7, 11) is 0. The molecule has 1 amide bonds. The lowest BCUT2D eigenvalue weighted by molar-refractivity contribution is -0.116. The first-order valence-corrected chi connectivity index (χ1v) is 9.67. The van der Waals surface area contributed by atoms with Crippen LogP contribution in [-0.2, 0) is 11.3 Å². The molecule has 0 bridgehead atoms. The van der Waals surface area contributed by atoms with Crippen molar-refractivity contribution in [1.29, 1.82) is 0 Å². The van der Waals surface area contributed by atoms with Gasteiger partial charge in [-0.25, -0.2) is 13.2 Å². The minimum Gasteiger partial charge on any atom is -0.323 e. The number of rotatable bonds is 7. The third-order valence-corrected chi connectivity index (χ3v) is 5.25. The second-order valence-electron chi connectivity index (χ2n) is 7.36. The average molecular weight is 398 g/mol. The van der Waals surface area contributed by atoms with Gasteiger partial charge in [-0.3, -0.25) is 9.69 Å². The molecule has 0 radical (unpaired) electrons. The number of benzene rings is 3. The Hall–Kier alpha value is -2.86. The Morgan fingerprint density at radius 3 is 2.52 bits per heavy atom. The quantitative estimate of drug-likeness (QED) is 0.552. The molecule has 1 fully saturated rings. The van der Waals surface area contributed by atoms with Crippen LogP contribution in [0, 0.1) is 17.5 Å². The van der Waals surface area contributed by atoms with E-state index in [1.807, 2.05) is 18.2 Å². The number of halogens is 3. The number of hydrogen-bond donors (Lipinski definition) is 1. The zero-order valence-corrected chi connectivity index (χ0v) is 15.8. The largest absolute Gasteiger partial charge is 0.323 e. The number of anilines is 1. The molecule has 1 N–H and O–H groups in total. The van der Waals surface area contributed by atoms with Crippen LogP contribution < -0.4 is 5.32 Å². The Morgan fingerprint density at radius 1 is 0.966 bits per heavy atom. The second kappa shape index (κ2) is 8.25. The standard InChI is InChI=1S/C23H21F3N2O/c24-19-10-11-20(23(26)22(19)25)27-21(29)12-13-28(17-8-9-17)14-16-6-3-5-15-4-1-2-7-18(15)16/h1-7,10-11,17H,8-9,12-14H2,(H,27,29). The molecule has 1 saturated carbocycles. The highest BCUT2D eigenvalue weighted by atomic mass is 19.2. The fraction of sp³-hybridized carbons (Fsp3) is 0.261. The number of amides is 1. The van der Waals surface area contributed by atoms with Crippen molar-refractivity contribution < 1.29 is 18.0 Å². The van der Waals surface area contributed by atoms with Gasteiger partial charge in [-0.05, 0) is 41.3 Å². The molecule has 3 aromatic carbocycles. The average Bonchev–Trinajstić information content (AvgIpc) is 3.57. The molecule has 0 heterocycles. The molecule has 0 unspecified atom stereocenters. The maximum absolute atomic E-state index is 13.8. The van der Waals surface area contributed by atoms with Crippen molar-refractivity contribution in [3.63, 3.8) is 0 Å². The molecule has 0 spiro atoms. The smallest absolute Gasteiger partial charge is 0.225 e. The summed E-state index contributed by atoms with van der Waals surface area (Å²) in [6.07, 6.45) is 2.31. The van der Waals surface area contributed by atoms with Crippen LogP contribution in [0.15, 0.2) is 54.6 Å². The third-order valence-electron chi connectivity index (χ3n) is 5.25. The fourth-order valence-electron chi connectivity index (χ4n) is 3.56. The van der Waals surface area contributed by atoms with Crippen molar-refractivity contribution in [2.75, 3.05) is 11.9 Å². The summed E-state index contributed by atoms with van der Waals surface area (Å²) in [6, 6.07) is 16.6. The van der Waals surface area contributed by atoms with E-state index >= 15 is 0 Å². The van der Waals surface area contributed by atoms with Gasteiger partial charge in [0.15, 0.2) is 17.5 Å². The Morgan fingerprint density at radius 2 is 1.72 bits per heavy atom. The second-order valence-corrected chi connectivity index (χ2v) is 7.36. The predicted octanol–water partition coefficient (Wildman–Crippen LogP) is 5.25. The summed E-state index contributed by atoms with van der Waals surface area (Å²) in [5, 5.41) is 4.70. The molecule has 3 aromatic rings. The number of carbonyl (C=O) groups is 1. The maximum atomic E-state index is 13.8. The van der Waals surface area contributed by atoms with Crippen LogP contribution in [0.1, 0.15) is 24.8 Å². The van der Waals surface area contributed by atoms with E-state index in [4.69, 9.17) is 0 Å². The van der Waals surface area contributed by atoms with E-state index in [0.717, 1.165) is 31.5 Å². The van der Waals surface area contributed by atoms with Crippen LogP contribution in [0.3, 0.4) is 0 Å². The Kier molecular flexibility index (Phi) is 5.53. The summed E-state index contributed by atoms with van der Waals surface area (Å²) in [5.41, 5.74) is 0.850. The van der Waals surface area contributed by atoms with Crippen molar-refractivity contribution in [3.8, 4) is 0 Å². The van der Waals surface area contributed by atoms with Crippen molar-refractivity contribution in [2.45, 2.75) is 31.8 Å². The number of hydrogen-bond acceptors (Lipinski definition) is 2. The van der Waals surface area contributed by atoms with Crippen molar-refractivity contribution in [3.05, 3.63) is 77.6 Å². The van der Waals surface area contributed by atoms with Crippen LogP contribution in [0.25, 0.3) is 10.8 Å². The SMILES string of the molecule is O=C(CCN(Cc1cccc2ccccc12)C1CC1)Nc1ccc(F)c(F)c1F. The minimum absolute atomic E-state index is 0.139. The van der Waals surface area contributed by atoms with Crippen molar-refractivity contribution >= 4 is 22.4 Å². The van der Waals surface area contributed by atoms with E-state index in [9.17, 15) is 18.0 Å². The van der Waals surface area contributed by atoms with E-state index in [2.05, 4.69) is 34.5 Å². The van der Waals surface area contributed by atoms with Gasteiger partial charge < -0.3 is 5.32 Å². The summed E-state index contributed by atoms with van der Waals surface area (Å²) in [6.45, 7) is 1.23. The monoisotopic (exact) mass is 398 g/mol. The van der Waals surface area contributed by atoms with Gasteiger partial charge in [-0.2, -0.15) is 0 Å². The zero-order chi connectivity index (χ0) is 20.4. The molecule has 29 heavy (non-hydrogen) atoms.